The Hall–Kier alpha value is -4.53. The third kappa shape index (κ3) is 40.9. The standard InChI is InChI=1S/C54H83NO7/c1-6-8-10-12-14-16-18-20-22-24-26-27-29-30-32-34-36-38-40-42-44-52(56)61-49-50(48-60-47-46-51(54(58)59)55(3,4)5)62-53(57)45-43-41-39-37-35-33-31-28-25-23-21-19-17-15-13-11-9-7-2/h8,10-11,13-17,19-23,25-28,30-32,36,38,50-51H,6-7,9,12,18,24,29,33-35,37,39-49H2,1-5H3/b10-8+,13-11+,16-14+,17-15+,21-19+,22-20+,25-23+,27-26+,31-28+,32-30+,38-36+. The van der Waals surface area contributed by atoms with Gasteiger partial charge < -0.3 is 28.6 Å². The van der Waals surface area contributed by atoms with Crippen LogP contribution in [0.5, 0.6) is 0 Å². The fourth-order valence-electron chi connectivity index (χ4n) is 5.82. The number of carbonyl (C=O) groups excluding carboxylic acids is 3. The first-order valence-electron chi connectivity index (χ1n) is 23.3. The van der Waals surface area contributed by atoms with E-state index in [1.807, 2.05) is 36.5 Å². The number of quaternary nitrogens is 1. The Kier molecular flexibility index (Phi) is 40.0. The Morgan fingerprint density at radius 2 is 0.984 bits per heavy atom. The van der Waals surface area contributed by atoms with Gasteiger partial charge in [-0.05, 0) is 77.0 Å². The lowest BCUT2D eigenvalue weighted by Crippen LogP contribution is -2.55. The lowest BCUT2D eigenvalue weighted by atomic mass is 10.1. The molecule has 0 aliphatic heterocycles. The SMILES string of the molecule is CC/C=C/C/C=C/C/C=C/C/C=C/C/C=C/C/C=C/CCCC(=O)OCC(COCCC(C(=O)[O-])[N+](C)(C)C)OC(=O)CCCCCCC/C=C/C=C/C=C/C=C/C=C/CCC. The second-order valence-electron chi connectivity index (χ2n) is 16.0. The summed E-state index contributed by atoms with van der Waals surface area (Å²) in [5.41, 5.74) is 0. The van der Waals surface area contributed by atoms with Crippen molar-refractivity contribution >= 4 is 17.9 Å². The minimum atomic E-state index is -1.14. The zero-order chi connectivity index (χ0) is 45.6. The van der Waals surface area contributed by atoms with E-state index in [0.29, 0.717) is 12.8 Å². The maximum Gasteiger partial charge on any atom is 0.306 e. The molecule has 0 radical (unpaired) electrons. The fourth-order valence-corrected chi connectivity index (χ4v) is 5.82. The Balaban J connectivity index is 4.51. The molecule has 0 amide bonds. The summed E-state index contributed by atoms with van der Waals surface area (Å²) in [6.07, 6.45) is 61.9. The number of ether oxygens (including phenoxy) is 3. The lowest BCUT2D eigenvalue weighted by molar-refractivity contribution is -0.889. The van der Waals surface area contributed by atoms with E-state index in [9.17, 15) is 19.5 Å². The average Bonchev–Trinajstić information content (AvgIpc) is 3.23. The minimum Gasteiger partial charge on any atom is -0.544 e. The molecule has 8 heteroatoms. The van der Waals surface area contributed by atoms with Gasteiger partial charge in [0.25, 0.3) is 0 Å². The van der Waals surface area contributed by atoms with Gasteiger partial charge in [-0.25, -0.2) is 0 Å². The summed E-state index contributed by atoms with van der Waals surface area (Å²) in [4.78, 5) is 36.9. The normalized spacial score (nSPS) is 14.1. The summed E-state index contributed by atoms with van der Waals surface area (Å²) in [7, 11) is 5.36. The van der Waals surface area contributed by atoms with E-state index in [0.717, 1.165) is 83.5 Å². The number of rotatable bonds is 39. The van der Waals surface area contributed by atoms with Crippen molar-refractivity contribution in [3.63, 3.8) is 0 Å². The van der Waals surface area contributed by atoms with Crippen molar-refractivity contribution in [2.24, 2.45) is 0 Å². The van der Waals surface area contributed by atoms with Gasteiger partial charge in [0.05, 0.1) is 40.3 Å². The van der Waals surface area contributed by atoms with Crippen molar-refractivity contribution in [3.05, 3.63) is 134 Å². The van der Waals surface area contributed by atoms with Crippen LogP contribution in [0.25, 0.3) is 0 Å². The van der Waals surface area contributed by atoms with Gasteiger partial charge in [0, 0.05) is 19.3 Å². The van der Waals surface area contributed by atoms with Gasteiger partial charge in [-0.3, -0.25) is 9.59 Å². The molecule has 0 heterocycles. The number of allylic oxidation sites excluding steroid dienone is 22. The highest BCUT2D eigenvalue weighted by Gasteiger charge is 2.25. The molecule has 0 N–H and O–H groups in total. The van der Waals surface area contributed by atoms with E-state index < -0.39 is 18.1 Å². The number of unbranched alkanes of at least 4 members (excludes halogenated alkanes) is 7. The molecule has 2 atom stereocenters. The number of esters is 2. The van der Waals surface area contributed by atoms with Crippen molar-refractivity contribution in [1.82, 2.24) is 0 Å². The van der Waals surface area contributed by atoms with Gasteiger partial charge in [-0.15, -0.1) is 0 Å². The summed E-state index contributed by atoms with van der Waals surface area (Å²) in [6.45, 7) is 4.34. The molecule has 0 rings (SSSR count). The minimum absolute atomic E-state index is 0.00122. The molecule has 346 valence electrons. The van der Waals surface area contributed by atoms with Crippen molar-refractivity contribution in [3.8, 4) is 0 Å². The molecule has 0 spiro atoms. The Bertz CT molecular complexity index is 1470. The molecule has 62 heavy (non-hydrogen) atoms. The molecule has 0 saturated carbocycles. The summed E-state index contributed by atoms with van der Waals surface area (Å²) < 4.78 is 17.1. The van der Waals surface area contributed by atoms with Gasteiger partial charge in [-0.2, -0.15) is 0 Å². The number of nitrogens with zero attached hydrogens (tertiary/aromatic N) is 1. The molecule has 0 aliphatic rings. The maximum atomic E-state index is 12.7. The van der Waals surface area contributed by atoms with E-state index in [-0.39, 0.29) is 55.5 Å². The highest BCUT2D eigenvalue weighted by molar-refractivity contribution is 5.70. The van der Waals surface area contributed by atoms with Crippen LogP contribution in [0.1, 0.15) is 136 Å². The van der Waals surface area contributed by atoms with Crippen LogP contribution in [-0.2, 0) is 28.6 Å². The number of hydrogen-bond acceptors (Lipinski definition) is 7. The Morgan fingerprint density at radius 1 is 0.516 bits per heavy atom. The van der Waals surface area contributed by atoms with Crippen LogP contribution in [0.3, 0.4) is 0 Å². The highest BCUT2D eigenvalue weighted by atomic mass is 16.6. The number of carbonyl (C=O) groups is 3. The zero-order valence-electron chi connectivity index (χ0n) is 39.2. The van der Waals surface area contributed by atoms with Crippen LogP contribution < -0.4 is 5.11 Å². The van der Waals surface area contributed by atoms with Crippen LogP contribution >= 0.6 is 0 Å². The van der Waals surface area contributed by atoms with Crippen molar-refractivity contribution in [2.45, 2.75) is 148 Å². The summed E-state index contributed by atoms with van der Waals surface area (Å²) >= 11 is 0. The van der Waals surface area contributed by atoms with E-state index in [4.69, 9.17) is 14.2 Å². The molecule has 2 unspecified atom stereocenters. The quantitative estimate of drug-likeness (QED) is 0.0199. The Morgan fingerprint density at radius 3 is 1.52 bits per heavy atom. The van der Waals surface area contributed by atoms with E-state index >= 15 is 0 Å². The van der Waals surface area contributed by atoms with Crippen LogP contribution in [0, 0.1) is 0 Å². The molecular formula is C54H83NO7. The van der Waals surface area contributed by atoms with Crippen LogP contribution in [0.2, 0.25) is 0 Å². The zero-order valence-corrected chi connectivity index (χ0v) is 39.2. The van der Waals surface area contributed by atoms with Crippen LogP contribution in [0.15, 0.2) is 134 Å². The molecular weight excluding hydrogens is 775 g/mol. The van der Waals surface area contributed by atoms with Crippen molar-refractivity contribution in [1.29, 1.82) is 0 Å². The van der Waals surface area contributed by atoms with E-state index in [1.165, 1.54) is 6.42 Å². The predicted molar refractivity (Wildman–Crippen MR) is 258 cm³/mol. The molecule has 0 aromatic rings. The van der Waals surface area contributed by atoms with Gasteiger partial charge in [0.2, 0.25) is 0 Å². The van der Waals surface area contributed by atoms with Gasteiger partial charge >= 0.3 is 11.9 Å². The highest BCUT2D eigenvalue weighted by Crippen LogP contribution is 2.11. The topological polar surface area (TPSA) is 102 Å². The summed E-state index contributed by atoms with van der Waals surface area (Å²) in [6, 6.07) is -0.749. The van der Waals surface area contributed by atoms with E-state index in [2.05, 4.69) is 111 Å². The van der Waals surface area contributed by atoms with Crippen LogP contribution in [0.4, 0.5) is 0 Å². The number of carboxylic acids is 1. The second kappa shape index (κ2) is 43.1. The lowest BCUT2D eigenvalue weighted by Gasteiger charge is -2.34. The van der Waals surface area contributed by atoms with Crippen molar-refractivity contribution < 1.29 is 38.2 Å². The number of aliphatic carboxylic acids is 1. The summed E-state index contributed by atoms with van der Waals surface area (Å²) in [5.74, 6) is -1.87. The average molecular weight is 858 g/mol. The monoisotopic (exact) mass is 858 g/mol. The molecule has 0 bridgehead atoms. The van der Waals surface area contributed by atoms with Gasteiger partial charge in [-0.1, -0.05) is 173 Å². The van der Waals surface area contributed by atoms with E-state index in [1.54, 1.807) is 21.1 Å². The smallest absolute Gasteiger partial charge is 0.306 e. The van der Waals surface area contributed by atoms with Crippen LogP contribution in [-0.4, -0.2) is 75.5 Å². The molecule has 8 nitrogen and oxygen atoms in total. The molecule has 0 aromatic heterocycles. The molecule has 0 aliphatic carbocycles. The largest absolute Gasteiger partial charge is 0.544 e. The third-order valence-corrected chi connectivity index (χ3v) is 9.38. The predicted octanol–water partition coefficient (Wildman–Crippen LogP) is 11.9. The number of hydrogen-bond donors (Lipinski definition) is 0. The molecule has 0 aromatic carbocycles. The fraction of sp³-hybridized carbons (Fsp3) is 0.537. The number of carboxylic acid groups (broad SMARTS) is 1. The van der Waals surface area contributed by atoms with Gasteiger partial charge in [0.15, 0.2) is 6.10 Å². The molecule has 0 saturated heterocycles. The maximum absolute atomic E-state index is 12.7. The second-order valence-corrected chi connectivity index (χ2v) is 16.0. The number of likely N-dealkylation sites (N-methyl/N-ethyl adjacent to an activating group) is 1. The Labute approximate surface area is 377 Å². The summed E-state index contributed by atoms with van der Waals surface area (Å²) in [5, 5.41) is 11.6. The first kappa shape index (κ1) is 57.5. The first-order chi connectivity index (χ1) is 30.1. The van der Waals surface area contributed by atoms with Gasteiger partial charge in [0.1, 0.15) is 12.6 Å². The molecule has 0 fully saturated rings. The van der Waals surface area contributed by atoms with Crippen molar-refractivity contribution in [2.75, 3.05) is 41.0 Å². The first-order valence-corrected chi connectivity index (χ1v) is 23.3. The third-order valence-electron chi connectivity index (χ3n) is 9.38.